The second-order valence-corrected chi connectivity index (χ2v) is 8.27. The Hall–Kier alpha value is -3.26. The molecule has 3 aromatic rings. The van der Waals surface area contributed by atoms with Crippen molar-refractivity contribution >= 4 is 5.91 Å². The van der Waals surface area contributed by atoms with Crippen LogP contribution in [0.5, 0.6) is 5.75 Å². The molecule has 0 N–H and O–H groups in total. The van der Waals surface area contributed by atoms with Crippen molar-refractivity contribution in [2.45, 2.75) is 41.7 Å². The molecule has 184 valence electrons. The molecule has 2 atom stereocenters. The number of carbonyl (C=O) groups is 1. The molecule has 2 aromatic carbocycles. The highest BCUT2D eigenvalue weighted by Crippen LogP contribution is 2.22. The van der Waals surface area contributed by atoms with Crippen LogP contribution in [0, 0.1) is 25.6 Å². The lowest BCUT2D eigenvalue weighted by Gasteiger charge is -2.29. The van der Waals surface area contributed by atoms with Crippen molar-refractivity contribution < 1.29 is 18.7 Å². The van der Waals surface area contributed by atoms with Gasteiger partial charge in [0.1, 0.15) is 11.6 Å². The summed E-state index contributed by atoms with van der Waals surface area (Å²) in [6.45, 7) is 7.41. The zero-order valence-corrected chi connectivity index (χ0v) is 18.5. The molecule has 1 fully saturated rings. The summed E-state index contributed by atoms with van der Waals surface area (Å²) >= 11 is 0. The van der Waals surface area contributed by atoms with E-state index in [4.69, 9.17) is 9.47 Å². The Morgan fingerprint density at radius 1 is 1.12 bits per heavy atom. The van der Waals surface area contributed by atoms with E-state index in [0.717, 1.165) is 5.56 Å². The van der Waals surface area contributed by atoms with Crippen molar-refractivity contribution in [3.63, 3.8) is 0 Å². The van der Waals surface area contributed by atoms with E-state index in [1.54, 1.807) is 31.5 Å². The number of nitrogens with zero attached hydrogens (tertiary/aromatic N) is 4. The molecule has 1 aliphatic heterocycles. The summed E-state index contributed by atoms with van der Waals surface area (Å²) in [7, 11) is 0. The highest BCUT2D eigenvalue weighted by Gasteiger charge is 2.30. The predicted octanol–water partition coefficient (Wildman–Crippen LogP) is 4.85. The average Bonchev–Trinajstić information content (AvgIpc) is 3.24. The maximum absolute atomic E-state index is 13.7. The van der Waals surface area contributed by atoms with Crippen LogP contribution in [0.25, 0.3) is 5.69 Å². The number of carbonyl (C=O) groups excluding carboxylic acids is 1. The molecule has 1 amide bonds. The molecule has 0 bridgehead atoms. The third kappa shape index (κ3) is 5.99. The topological polar surface area (TPSA) is 69.5 Å². The monoisotopic (exact) mass is 470 g/mol. The smallest absolute Gasteiger partial charge is 0.256 e. The molecule has 7 nitrogen and oxygen atoms in total. The number of hydrogen-bond acceptors (Lipinski definition) is 5. The fourth-order valence-electron chi connectivity index (χ4n) is 3.80. The summed E-state index contributed by atoms with van der Waals surface area (Å²) in [4.78, 5) is 16.9. The molecule has 0 spiro atoms. The highest BCUT2D eigenvalue weighted by atomic mass is 19.1. The van der Waals surface area contributed by atoms with Gasteiger partial charge in [0.15, 0.2) is 0 Å². The minimum absolute atomic E-state index is 0. The fourth-order valence-corrected chi connectivity index (χ4v) is 3.80. The van der Waals surface area contributed by atoms with Crippen LogP contribution in [0.15, 0.2) is 48.8 Å². The third-order valence-electron chi connectivity index (χ3n) is 5.59. The SMILES string of the molecule is C.C.Cc1ccc(-n2nccn2)c(C(=O)N2CC(COc3ccc(F)c(C)c3)COCC2C)c1. The normalized spacial score (nSPS) is 17.8. The Morgan fingerprint density at radius 2 is 1.85 bits per heavy atom. The zero-order valence-electron chi connectivity index (χ0n) is 18.5. The van der Waals surface area contributed by atoms with Gasteiger partial charge in [-0.2, -0.15) is 15.0 Å². The van der Waals surface area contributed by atoms with E-state index in [2.05, 4.69) is 10.2 Å². The highest BCUT2D eigenvalue weighted by molar-refractivity contribution is 5.98. The first-order valence-electron chi connectivity index (χ1n) is 10.7. The first-order chi connectivity index (χ1) is 15.4. The maximum Gasteiger partial charge on any atom is 0.256 e. The van der Waals surface area contributed by atoms with E-state index in [-0.39, 0.29) is 38.5 Å². The third-order valence-corrected chi connectivity index (χ3v) is 5.59. The van der Waals surface area contributed by atoms with E-state index in [1.165, 1.54) is 10.9 Å². The second-order valence-electron chi connectivity index (χ2n) is 8.27. The Labute approximate surface area is 201 Å². The van der Waals surface area contributed by atoms with E-state index in [1.807, 2.05) is 36.9 Å². The lowest BCUT2D eigenvalue weighted by Crippen LogP contribution is -2.43. The Morgan fingerprint density at radius 3 is 2.56 bits per heavy atom. The van der Waals surface area contributed by atoms with Gasteiger partial charge in [0.05, 0.1) is 49.5 Å². The number of halogens is 1. The number of ether oxygens (including phenoxy) is 2. The lowest BCUT2D eigenvalue weighted by atomic mass is 10.1. The summed E-state index contributed by atoms with van der Waals surface area (Å²) in [6, 6.07) is 10.3. The van der Waals surface area contributed by atoms with Crippen molar-refractivity contribution in [1.29, 1.82) is 0 Å². The zero-order chi connectivity index (χ0) is 22.7. The number of hydrogen-bond donors (Lipinski definition) is 0. The summed E-state index contributed by atoms with van der Waals surface area (Å²) < 4.78 is 25.3. The van der Waals surface area contributed by atoms with Gasteiger partial charge in [-0.1, -0.05) is 26.5 Å². The van der Waals surface area contributed by atoms with Crippen LogP contribution < -0.4 is 4.74 Å². The molecule has 2 heterocycles. The molecule has 1 saturated heterocycles. The van der Waals surface area contributed by atoms with Crippen molar-refractivity contribution in [2.75, 3.05) is 26.4 Å². The number of benzene rings is 2. The first-order valence-corrected chi connectivity index (χ1v) is 10.7. The van der Waals surface area contributed by atoms with E-state index < -0.39 is 0 Å². The molecule has 1 aromatic heterocycles. The molecular formula is C26H35FN4O3. The Bertz CT molecular complexity index is 1090. The fraction of sp³-hybridized carbons (Fsp3) is 0.423. The number of aryl methyl sites for hydroxylation is 2. The van der Waals surface area contributed by atoms with E-state index in [0.29, 0.717) is 48.9 Å². The molecule has 0 radical (unpaired) electrons. The number of aromatic nitrogens is 3. The van der Waals surface area contributed by atoms with Gasteiger partial charge in [0.25, 0.3) is 5.91 Å². The summed E-state index contributed by atoms with van der Waals surface area (Å²) in [5.74, 6) is 0.221. The van der Waals surface area contributed by atoms with Crippen LogP contribution in [0.3, 0.4) is 0 Å². The molecule has 0 aliphatic carbocycles. The summed E-state index contributed by atoms with van der Waals surface area (Å²) in [6.07, 6.45) is 3.17. The minimum Gasteiger partial charge on any atom is -0.493 e. The van der Waals surface area contributed by atoms with E-state index in [9.17, 15) is 9.18 Å². The standard InChI is InChI=1S/C24H27FN4O3.2CH4/c1-16-4-7-23(29-26-8-9-27-29)21(10-16)24(30)28-12-19(14-31-13-18(28)3)15-32-20-5-6-22(25)17(2)11-20;;/h4-11,18-19H,12-15H2,1-3H3;2*1H4. The molecule has 4 rings (SSSR count). The van der Waals surface area contributed by atoms with Crippen LogP contribution in [0.1, 0.15) is 43.3 Å². The largest absolute Gasteiger partial charge is 0.493 e. The van der Waals surface area contributed by atoms with Crippen LogP contribution in [-0.2, 0) is 4.74 Å². The van der Waals surface area contributed by atoms with Gasteiger partial charge >= 0.3 is 0 Å². The van der Waals surface area contributed by atoms with Crippen LogP contribution >= 0.6 is 0 Å². The van der Waals surface area contributed by atoms with Crippen molar-refractivity contribution in [1.82, 2.24) is 19.9 Å². The Kier molecular flexibility index (Phi) is 9.32. The van der Waals surface area contributed by atoms with Crippen LogP contribution in [0.4, 0.5) is 4.39 Å². The number of rotatable bonds is 5. The van der Waals surface area contributed by atoms with E-state index >= 15 is 0 Å². The van der Waals surface area contributed by atoms with Gasteiger partial charge in [-0.05, 0) is 56.7 Å². The molecular weight excluding hydrogens is 435 g/mol. The minimum atomic E-state index is -0.263. The van der Waals surface area contributed by atoms with Crippen molar-refractivity contribution in [3.05, 3.63) is 71.3 Å². The quantitative estimate of drug-likeness (QED) is 0.533. The van der Waals surface area contributed by atoms with Gasteiger partial charge < -0.3 is 14.4 Å². The predicted molar refractivity (Wildman–Crippen MR) is 131 cm³/mol. The maximum atomic E-state index is 13.7. The van der Waals surface area contributed by atoms with Crippen molar-refractivity contribution in [2.24, 2.45) is 5.92 Å². The van der Waals surface area contributed by atoms with Gasteiger partial charge in [-0.3, -0.25) is 4.79 Å². The van der Waals surface area contributed by atoms with Crippen molar-refractivity contribution in [3.8, 4) is 11.4 Å². The summed E-state index contributed by atoms with van der Waals surface area (Å²) in [5.41, 5.74) is 2.69. The van der Waals surface area contributed by atoms with Gasteiger partial charge in [0, 0.05) is 12.5 Å². The van der Waals surface area contributed by atoms with Gasteiger partial charge in [0.2, 0.25) is 0 Å². The lowest BCUT2D eigenvalue weighted by molar-refractivity contribution is 0.0632. The van der Waals surface area contributed by atoms with Gasteiger partial charge in [-0.25, -0.2) is 4.39 Å². The first kappa shape index (κ1) is 27.0. The second kappa shape index (κ2) is 11.7. The molecule has 34 heavy (non-hydrogen) atoms. The average molecular weight is 471 g/mol. The van der Waals surface area contributed by atoms with Crippen LogP contribution in [0.2, 0.25) is 0 Å². The van der Waals surface area contributed by atoms with Gasteiger partial charge in [-0.15, -0.1) is 0 Å². The van der Waals surface area contributed by atoms with Crippen LogP contribution in [-0.4, -0.2) is 58.2 Å². The number of amides is 1. The molecule has 1 aliphatic rings. The summed E-state index contributed by atoms with van der Waals surface area (Å²) in [5, 5.41) is 8.39. The molecule has 2 unspecified atom stereocenters. The molecule has 0 saturated carbocycles. The molecule has 8 heteroatoms. The Balaban J connectivity index is 0.00000204.